The monoisotopic (exact) mass is 531 g/mol. The first-order valence-corrected chi connectivity index (χ1v) is 13.2. The van der Waals surface area contributed by atoms with Crippen LogP contribution in [0.5, 0.6) is 11.5 Å². The van der Waals surface area contributed by atoms with E-state index in [0.717, 1.165) is 10.2 Å². The van der Waals surface area contributed by atoms with Gasteiger partial charge in [-0.05, 0) is 61.5 Å². The summed E-state index contributed by atoms with van der Waals surface area (Å²) in [6.07, 6.45) is 0. The highest BCUT2D eigenvalue weighted by atomic mass is 35.5. The van der Waals surface area contributed by atoms with Crippen molar-refractivity contribution in [1.82, 2.24) is 4.57 Å². The van der Waals surface area contributed by atoms with Gasteiger partial charge in [0.25, 0.3) is 15.9 Å². The number of nitrogens with zero attached hydrogens (tertiary/aromatic N) is 2. The molecule has 4 aromatic rings. The average Bonchev–Trinajstić information content (AvgIpc) is 3.21. The number of methoxy groups -OCH3 is 2. The summed E-state index contributed by atoms with van der Waals surface area (Å²) in [7, 11) is -0.695. The maximum absolute atomic E-state index is 13.1. The van der Waals surface area contributed by atoms with Gasteiger partial charge in [-0.1, -0.05) is 29.0 Å². The molecular formula is C24H22ClN3O5S2. The summed E-state index contributed by atoms with van der Waals surface area (Å²) in [5, 5.41) is 0.430. The van der Waals surface area contributed by atoms with Crippen LogP contribution < -0.4 is 19.0 Å². The first kappa shape index (κ1) is 24.8. The summed E-state index contributed by atoms with van der Waals surface area (Å²) < 4.78 is 41.6. The third kappa shape index (κ3) is 5.04. The van der Waals surface area contributed by atoms with Crippen molar-refractivity contribution in [3.8, 4) is 11.5 Å². The number of thiazole rings is 1. The Kier molecular flexibility index (Phi) is 7.15. The Morgan fingerprint density at radius 2 is 1.74 bits per heavy atom. The molecule has 0 radical (unpaired) electrons. The fourth-order valence-corrected chi connectivity index (χ4v) is 5.90. The Balaban J connectivity index is 1.71. The fourth-order valence-electron chi connectivity index (χ4n) is 3.53. The van der Waals surface area contributed by atoms with E-state index < -0.39 is 15.9 Å². The number of amides is 1. The molecule has 1 heterocycles. The van der Waals surface area contributed by atoms with Crippen LogP contribution in [0.1, 0.15) is 17.3 Å². The molecule has 0 unspecified atom stereocenters. The lowest BCUT2D eigenvalue weighted by Crippen LogP contribution is -2.16. The number of carbonyl (C=O) groups excluding carboxylic acids is 1. The molecule has 35 heavy (non-hydrogen) atoms. The van der Waals surface area contributed by atoms with E-state index in [4.69, 9.17) is 21.1 Å². The third-order valence-electron chi connectivity index (χ3n) is 5.19. The average molecular weight is 532 g/mol. The Hall–Kier alpha value is -3.34. The largest absolute Gasteiger partial charge is 0.495 e. The van der Waals surface area contributed by atoms with Crippen molar-refractivity contribution in [2.45, 2.75) is 18.4 Å². The van der Waals surface area contributed by atoms with Gasteiger partial charge >= 0.3 is 0 Å². The summed E-state index contributed by atoms with van der Waals surface area (Å²) in [6.45, 7) is 2.50. The molecule has 0 bridgehead atoms. The molecule has 1 amide bonds. The molecule has 0 saturated carbocycles. The maximum Gasteiger partial charge on any atom is 0.279 e. The molecule has 0 aliphatic rings. The standard InChI is InChI=1S/C24H22ClN3O5S2/c1-4-28-21-19(32-2)12-13-20(33-3)22(21)34-24(28)26-23(29)15-6-5-7-17(14-15)27-35(30,31)18-10-8-16(25)9-11-18/h5-14,27H,4H2,1-3H3. The number of aryl methyl sites for hydroxylation is 1. The number of fused-ring (bicyclic) bond motifs is 1. The number of carbonyl (C=O) groups is 1. The minimum Gasteiger partial charge on any atom is -0.495 e. The van der Waals surface area contributed by atoms with E-state index in [1.54, 1.807) is 38.5 Å². The lowest BCUT2D eigenvalue weighted by atomic mass is 10.2. The summed E-state index contributed by atoms with van der Waals surface area (Å²) in [5.41, 5.74) is 1.26. The van der Waals surface area contributed by atoms with Gasteiger partial charge in [0, 0.05) is 22.8 Å². The molecule has 1 aromatic heterocycles. The van der Waals surface area contributed by atoms with Crippen molar-refractivity contribution < 1.29 is 22.7 Å². The smallest absolute Gasteiger partial charge is 0.279 e. The van der Waals surface area contributed by atoms with Crippen LogP contribution >= 0.6 is 22.9 Å². The van der Waals surface area contributed by atoms with E-state index in [2.05, 4.69) is 9.71 Å². The Morgan fingerprint density at radius 3 is 2.40 bits per heavy atom. The number of benzene rings is 3. The third-order valence-corrected chi connectivity index (χ3v) is 7.93. The van der Waals surface area contributed by atoms with E-state index in [9.17, 15) is 13.2 Å². The van der Waals surface area contributed by atoms with Crippen LogP contribution in [-0.4, -0.2) is 33.1 Å². The predicted octanol–water partition coefficient (Wildman–Crippen LogP) is 4.94. The number of ether oxygens (including phenoxy) is 2. The SMILES string of the molecule is CCn1c(=NC(=O)c2cccc(NS(=O)(=O)c3ccc(Cl)cc3)c2)sc2c(OC)ccc(OC)c21. The summed E-state index contributed by atoms with van der Waals surface area (Å²) in [5.74, 6) is 0.788. The van der Waals surface area contributed by atoms with Crippen LogP contribution in [0.2, 0.25) is 5.02 Å². The molecule has 4 rings (SSSR count). The summed E-state index contributed by atoms with van der Waals surface area (Å²) in [4.78, 5) is 17.9. The van der Waals surface area contributed by atoms with E-state index in [1.165, 1.54) is 41.7 Å². The zero-order chi connectivity index (χ0) is 25.2. The second-order valence-corrected chi connectivity index (χ2v) is 10.4. The molecule has 0 spiro atoms. The lowest BCUT2D eigenvalue weighted by Gasteiger charge is -2.09. The first-order chi connectivity index (χ1) is 16.8. The zero-order valence-corrected chi connectivity index (χ0v) is 21.5. The number of nitrogens with one attached hydrogen (secondary N) is 1. The predicted molar refractivity (Wildman–Crippen MR) is 137 cm³/mol. The van der Waals surface area contributed by atoms with Crippen LogP contribution in [0.3, 0.4) is 0 Å². The van der Waals surface area contributed by atoms with Crippen LogP contribution in [0.4, 0.5) is 5.69 Å². The van der Waals surface area contributed by atoms with Gasteiger partial charge in [-0.3, -0.25) is 9.52 Å². The minimum absolute atomic E-state index is 0.0560. The molecule has 0 saturated heterocycles. The highest BCUT2D eigenvalue weighted by molar-refractivity contribution is 7.92. The van der Waals surface area contributed by atoms with Crippen molar-refractivity contribution in [3.63, 3.8) is 0 Å². The normalized spacial score (nSPS) is 12.1. The van der Waals surface area contributed by atoms with Crippen LogP contribution in [0.15, 0.2) is 70.6 Å². The van der Waals surface area contributed by atoms with Gasteiger partial charge in [0.2, 0.25) is 0 Å². The molecule has 0 aliphatic heterocycles. The van der Waals surface area contributed by atoms with E-state index in [0.29, 0.717) is 27.9 Å². The minimum atomic E-state index is -3.86. The zero-order valence-electron chi connectivity index (χ0n) is 19.1. The summed E-state index contributed by atoms with van der Waals surface area (Å²) >= 11 is 7.16. The van der Waals surface area contributed by atoms with Gasteiger partial charge in [0.05, 0.1) is 19.1 Å². The lowest BCUT2D eigenvalue weighted by molar-refractivity contribution is 0.0998. The number of anilines is 1. The molecule has 182 valence electrons. The number of hydrogen-bond acceptors (Lipinski definition) is 6. The van der Waals surface area contributed by atoms with Crippen molar-refractivity contribution in [2.75, 3.05) is 18.9 Å². The quantitative estimate of drug-likeness (QED) is 0.364. The van der Waals surface area contributed by atoms with Gasteiger partial charge in [0.15, 0.2) is 4.80 Å². The second-order valence-electron chi connectivity index (χ2n) is 7.33. The van der Waals surface area contributed by atoms with Gasteiger partial charge in [-0.25, -0.2) is 8.42 Å². The first-order valence-electron chi connectivity index (χ1n) is 10.5. The van der Waals surface area contributed by atoms with Crippen LogP contribution in [0, 0.1) is 0 Å². The van der Waals surface area contributed by atoms with Crippen molar-refractivity contribution in [1.29, 1.82) is 0 Å². The number of halogens is 1. The maximum atomic E-state index is 13.1. The van der Waals surface area contributed by atoms with Gasteiger partial charge in [-0.2, -0.15) is 4.99 Å². The molecule has 0 aliphatic carbocycles. The van der Waals surface area contributed by atoms with E-state index >= 15 is 0 Å². The van der Waals surface area contributed by atoms with Gasteiger partial charge < -0.3 is 14.0 Å². The van der Waals surface area contributed by atoms with Gasteiger partial charge in [0.1, 0.15) is 21.7 Å². The Bertz CT molecular complexity index is 1580. The molecule has 1 N–H and O–H groups in total. The fraction of sp³-hybridized carbons (Fsp3) is 0.167. The number of sulfonamides is 1. The molecule has 11 heteroatoms. The Labute approximate surface area is 211 Å². The highest BCUT2D eigenvalue weighted by Gasteiger charge is 2.17. The molecule has 3 aromatic carbocycles. The Morgan fingerprint density at radius 1 is 1.06 bits per heavy atom. The number of hydrogen-bond donors (Lipinski definition) is 1. The van der Waals surface area contributed by atoms with Crippen molar-refractivity contribution in [2.24, 2.45) is 4.99 Å². The van der Waals surface area contributed by atoms with Crippen LogP contribution in [0.25, 0.3) is 10.2 Å². The number of aromatic nitrogens is 1. The molecule has 0 fully saturated rings. The number of rotatable bonds is 7. The van der Waals surface area contributed by atoms with Gasteiger partial charge in [-0.15, -0.1) is 0 Å². The molecule has 0 atom stereocenters. The van der Waals surface area contributed by atoms with Crippen molar-refractivity contribution >= 4 is 54.8 Å². The second kappa shape index (κ2) is 10.1. The van der Waals surface area contributed by atoms with E-state index in [1.807, 2.05) is 17.6 Å². The topological polar surface area (TPSA) is 99.0 Å². The van der Waals surface area contributed by atoms with E-state index in [-0.39, 0.29) is 16.1 Å². The molecule has 8 nitrogen and oxygen atoms in total. The van der Waals surface area contributed by atoms with Crippen molar-refractivity contribution in [3.05, 3.63) is 76.1 Å². The summed E-state index contributed by atoms with van der Waals surface area (Å²) in [6, 6.07) is 15.6. The van der Waals surface area contributed by atoms with Crippen LogP contribution in [-0.2, 0) is 16.6 Å². The molecular weight excluding hydrogens is 510 g/mol. The highest BCUT2D eigenvalue weighted by Crippen LogP contribution is 2.35.